The zero-order chi connectivity index (χ0) is 11.5. The first-order chi connectivity index (χ1) is 7.67. The van der Waals surface area contributed by atoms with E-state index < -0.39 is 5.82 Å². The number of benzene rings is 1. The molecule has 0 aliphatic heterocycles. The summed E-state index contributed by atoms with van der Waals surface area (Å²) in [6.07, 6.45) is 1.52. The maximum atomic E-state index is 13.1. The Morgan fingerprint density at radius 2 is 2.25 bits per heavy atom. The molecular weight excluding hydrogens is 227 g/mol. The molecule has 0 unspecified atom stereocenters. The lowest BCUT2D eigenvalue weighted by atomic mass is 10.2. The number of aromatic nitrogens is 1. The normalized spacial score (nSPS) is 10.1. The third-order valence-corrected chi connectivity index (χ3v) is 2.64. The van der Waals surface area contributed by atoms with Crippen LogP contribution in [0.2, 0.25) is 0 Å². The van der Waals surface area contributed by atoms with E-state index in [4.69, 9.17) is 9.68 Å². The molecule has 1 aromatic heterocycles. The standard InChI is InChI=1S/C11H7FN2OS/c1-7-6-15-11(14-7)16-10-3-8(5-13)2-9(12)4-10/h2-4,6H,1H3. The van der Waals surface area contributed by atoms with E-state index in [1.165, 1.54) is 30.2 Å². The van der Waals surface area contributed by atoms with E-state index in [-0.39, 0.29) is 5.56 Å². The molecule has 80 valence electrons. The monoisotopic (exact) mass is 234 g/mol. The molecule has 0 aliphatic carbocycles. The van der Waals surface area contributed by atoms with E-state index in [1.54, 1.807) is 13.0 Å². The van der Waals surface area contributed by atoms with Crippen LogP contribution in [0.3, 0.4) is 0 Å². The van der Waals surface area contributed by atoms with Crippen LogP contribution in [0.1, 0.15) is 11.3 Å². The van der Waals surface area contributed by atoms with Crippen LogP contribution in [0.15, 0.2) is 39.0 Å². The van der Waals surface area contributed by atoms with Crippen LogP contribution < -0.4 is 0 Å². The Labute approximate surface area is 95.9 Å². The van der Waals surface area contributed by atoms with E-state index >= 15 is 0 Å². The second kappa shape index (κ2) is 4.37. The Morgan fingerprint density at radius 3 is 2.88 bits per heavy atom. The predicted molar refractivity (Wildman–Crippen MR) is 56.5 cm³/mol. The number of nitrogens with zero attached hydrogens (tertiary/aromatic N) is 2. The van der Waals surface area contributed by atoms with Crippen molar-refractivity contribution in [2.45, 2.75) is 17.0 Å². The summed E-state index contributed by atoms with van der Waals surface area (Å²) in [5, 5.41) is 9.13. The summed E-state index contributed by atoms with van der Waals surface area (Å²) in [6.45, 7) is 1.81. The highest BCUT2D eigenvalue weighted by Crippen LogP contribution is 2.28. The molecule has 16 heavy (non-hydrogen) atoms. The number of aryl methyl sites for hydroxylation is 1. The van der Waals surface area contributed by atoms with Crippen molar-refractivity contribution in [3.8, 4) is 6.07 Å². The second-order valence-corrected chi connectivity index (χ2v) is 4.17. The van der Waals surface area contributed by atoms with Gasteiger partial charge in [0.15, 0.2) is 0 Å². The Balaban J connectivity index is 2.28. The van der Waals surface area contributed by atoms with Gasteiger partial charge in [-0.1, -0.05) is 0 Å². The minimum Gasteiger partial charge on any atom is -0.439 e. The van der Waals surface area contributed by atoms with Crippen LogP contribution in [-0.2, 0) is 0 Å². The van der Waals surface area contributed by atoms with Gasteiger partial charge in [-0.3, -0.25) is 0 Å². The average Bonchev–Trinajstić information content (AvgIpc) is 2.63. The van der Waals surface area contributed by atoms with Crippen LogP contribution in [0.25, 0.3) is 0 Å². The molecular formula is C11H7FN2OS. The lowest BCUT2D eigenvalue weighted by Gasteiger charge is -1.98. The van der Waals surface area contributed by atoms with E-state index in [1.807, 2.05) is 6.07 Å². The van der Waals surface area contributed by atoms with Gasteiger partial charge in [0.25, 0.3) is 5.22 Å². The molecule has 1 heterocycles. The van der Waals surface area contributed by atoms with Crippen molar-refractivity contribution in [1.29, 1.82) is 5.26 Å². The van der Waals surface area contributed by atoms with Crippen molar-refractivity contribution in [1.82, 2.24) is 4.98 Å². The second-order valence-electron chi connectivity index (χ2n) is 3.14. The first-order valence-corrected chi connectivity index (χ1v) is 5.30. The van der Waals surface area contributed by atoms with Gasteiger partial charge in [0, 0.05) is 4.90 Å². The van der Waals surface area contributed by atoms with Gasteiger partial charge in [-0.25, -0.2) is 9.37 Å². The molecule has 0 saturated carbocycles. The van der Waals surface area contributed by atoms with Crippen molar-refractivity contribution in [3.63, 3.8) is 0 Å². The quantitative estimate of drug-likeness (QED) is 0.800. The average molecular weight is 234 g/mol. The highest BCUT2D eigenvalue weighted by atomic mass is 32.2. The van der Waals surface area contributed by atoms with Crippen molar-refractivity contribution >= 4 is 11.8 Å². The summed E-state index contributed by atoms with van der Waals surface area (Å²) in [6, 6.07) is 6.01. The van der Waals surface area contributed by atoms with Gasteiger partial charge < -0.3 is 4.42 Å². The topological polar surface area (TPSA) is 49.8 Å². The molecule has 0 bridgehead atoms. The lowest BCUT2D eigenvalue weighted by molar-refractivity contribution is 0.454. The molecule has 3 nitrogen and oxygen atoms in total. The first kappa shape index (κ1) is 10.7. The molecule has 0 amide bonds. The van der Waals surface area contributed by atoms with Crippen molar-refractivity contribution in [2.75, 3.05) is 0 Å². The van der Waals surface area contributed by atoms with E-state index in [0.29, 0.717) is 10.1 Å². The fraction of sp³-hybridized carbons (Fsp3) is 0.0909. The predicted octanol–water partition coefficient (Wildman–Crippen LogP) is 3.15. The molecule has 0 spiro atoms. The van der Waals surface area contributed by atoms with Gasteiger partial charge in [-0.15, -0.1) is 0 Å². The number of halogens is 1. The summed E-state index contributed by atoms with van der Waals surface area (Å²) in [4.78, 5) is 4.68. The van der Waals surface area contributed by atoms with Gasteiger partial charge in [0.05, 0.1) is 17.3 Å². The number of rotatable bonds is 2. The number of hydrogen-bond acceptors (Lipinski definition) is 4. The zero-order valence-corrected chi connectivity index (χ0v) is 9.21. The zero-order valence-electron chi connectivity index (χ0n) is 8.40. The maximum Gasteiger partial charge on any atom is 0.260 e. The van der Waals surface area contributed by atoms with Gasteiger partial charge >= 0.3 is 0 Å². The Hall–Kier alpha value is -1.80. The molecule has 2 rings (SSSR count). The van der Waals surface area contributed by atoms with E-state index in [2.05, 4.69) is 4.98 Å². The minimum absolute atomic E-state index is 0.283. The first-order valence-electron chi connectivity index (χ1n) is 4.48. The summed E-state index contributed by atoms with van der Waals surface area (Å²) >= 11 is 1.18. The molecule has 0 aliphatic rings. The molecule has 5 heteroatoms. The summed E-state index contributed by atoms with van der Waals surface area (Å²) in [5.41, 5.74) is 1.05. The third kappa shape index (κ3) is 2.41. The van der Waals surface area contributed by atoms with Crippen molar-refractivity contribution in [3.05, 3.63) is 41.5 Å². The van der Waals surface area contributed by atoms with Crippen molar-refractivity contribution < 1.29 is 8.81 Å². The maximum absolute atomic E-state index is 13.1. The summed E-state index contributed by atoms with van der Waals surface area (Å²) in [7, 11) is 0. The molecule has 2 aromatic rings. The largest absolute Gasteiger partial charge is 0.439 e. The number of nitriles is 1. The van der Waals surface area contributed by atoms with Crippen LogP contribution in [0, 0.1) is 24.1 Å². The van der Waals surface area contributed by atoms with Gasteiger partial charge in [0.1, 0.15) is 12.1 Å². The van der Waals surface area contributed by atoms with Crippen LogP contribution in [0.4, 0.5) is 4.39 Å². The number of oxazole rings is 1. The molecule has 0 atom stereocenters. The van der Waals surface area contributed by atoms with Gasteiger partial charge in [-0.05, 0) is 36.9 Å². The Morgan fingerprint density at radius 1 is 1.44 bits per heavy atom. The Bertz CT molecular complexity index is 559. The van der Waals surface area contributed by atoms with E-state index in [0.717, 1.165) is 5.69 Å². The van der Waals surface area contributed by atoms with E-state index in [9.17, 15) is 4.39 Å². The van der Waals surface area contributed by atoms with Crippen LogP contribution >= 0.6 is 11.8 Å². The Kier molecular flexibility index (Phi) is 2.93. The van der Waals surface area contributed by atoms with Gasteiger partial charge in [-0.2, -0.15) is 5.26 Å². The minimum atomic E-state index is -0.440. The fourth-order valence-electron chi connectivity index (χ4n) is 1.17. The summed E-state index contributed by atoms with van der Waals surface area (Å²) < 4.78 is 18.2. The smallest absolute Gasteiger partial charge is 0.260 e. The van der Waals surface area contributed by atoms with Gasteiger partial charge in [0.2, 0.25) is 0 Å². The fourth-order valence-corrected chi connectivity index (χ4v) is 2.01. The lowest BCUT2D eigenvalue weighted by Crippen LogP contribution is -1.82. The number of hydrogen-bond donors (Lipinski definition) is 0. The SMILES string of the molecule is Cc1coc(Sc2cc(F)cc(C#N)c2)n1. The van der Waals surface area contributed by atoms with Crippen LogP contribution in [-0.4, -0.2) is 4.98 Å². The highest BCUT2D eigenvalue weighted by Gasteiger charge is 2.06. The molecule has 0 radical (unpaired) electrons. The van der Waals surface area contributed by atoms with Crippen LogP contribution in [0.5, 0.6) is 0 Å². The molecule has 0 N–H and O–H groups in total. The molecule has 0 fully saturated rings. The molecule has 0 saturated heterocycles. The summed E-state index contributed by atoms with van der Waals surface area (Å²) in [5.74, 6) is -0.440. The third-order valence-electron chi connectivity index (χ3n) is 1.80. The molecule has 1 aromatic carbocycles. The highest BCUT2D eigenvalue weighted by molar-refractivity contribution is 7.99. The van der Waals surface area contributed by atoms with Crippen molar-refractivity contribution in [2.24, 2.45) is 0 Å².